The third-order valence-electron chi connectivity index (χ3n) is 2.29. The molecule has 0 aliphatic rings. The summed E-state index contributed by atoms with van der Waals surface area (Å²) in [6, 6.07) is 4.74. The molecule has 1 aromatic carbocycles. The van der Waals surface area contributed by atoms with E-state index >= 15 is 0 Å². The summed E-state index contributed by atoms with van der Waals surface area (Å²) in [6.07, 6.45) is 0.192. The molecule has 0 spiro atoms. The fourth-order valence-electron chi connectivity index (χ4n) is 1.50. The summed E-state index contributed by atoms with van der Waals surface area (Å²) < 4.78 is 0. The molecule has 0 aromatic heterocycles. The molecule has 0 unspecified atom stereocenters. The number of hydrogen-bond donors (Lipinski definition) is 3. The molecule has 20 heavy (non-hydrogen) atoms. The maximum atomic E-state index is 12.0. The first-order valence-corrected chi connectivity index (χ1v) is 6.42. The molecule has 0 saturated carbocycles. The van der Waals surface area contributed by atoms with Crippen molar-refractivity contribution < 1.29 is 9.59 Å². The monoisotopic (exact) mass is 319 g/mol. The first kappa shape index (κ1) is 18.7. The van der Waals surface area contributed by atoms with E-state index in [2.05, 4.69) is 10.6 Å². The molecule has 0 bridgehead atoms. The van der Waals surface area contributed by atoms with Crippen molar-refractivity contribution in [2.45, 2.75) is 26.3 Å². The zero-order chi connectivity index (χ0) is 14.4. The second kappa shape index (κ2) is 8.79. The van der Waals surface area contributed by atoms with Gasteiger partial charge >= 0.3 is 0 Å². The highest BCUT2D eigenvalue weighted by atomic mass is 35.5. The molecule has 0 fully saturated rings. The summed E-state index contributed by atoms with van der Waals surface area (Å²) in [7, 11) is 0. The van der Waals surface area contributed by atoms with E-state index < -0.39 is 0 Å². The Morgan fingerprint density at radius 3 is 2.55 bits per heavy atom. The normalized spacial score (nSPS) is 9.85. The van der Waals surface area contributed by atoms with Crippen molar-refractivity contribution in [3.8, 4) is 0 Å². The van der Waals surface area contributed by atoms with Gasteiger partial charge in [0.2, 0.25) is 5.91 Å². The third-order valence-corrected chi connectivity index (χ3v) is 2.53. The van der Waals surface area contributed by atoms with E-state index in [1.165, 1.54) is 0 Å². The van der Waals surface area contributed by atoms with Crippen molar-refractivity contribution in [2.24, 2.45) is 5.73 Å². The molecule has 1 aromatic rings. The summed E-state index contributed by atoms with van der Waals surface area (Å²) in [5.41, 5.74) is 6.08. The van der Waals surface area contributed by atoms with E-state index in [9.17, 15) is 9.59 Å². The molecule has 7 heteroatoms. The van der Waals surface area contributed by atoms with Gasteiger partial charge in [0, 0.05) is 24.0 Å². The molecule has 2 amide bonds. The Bertz CT molecular complexity index is 479. The number of anilines is 1. The Labute approximate surface area is 129 Å². The van der Waals surface area contributed by atoms with Crippen LogP contribution in [0, 0.1) is 0 Å². The van der Waals surface area contributed by atoms with E-state index in [1.807, 2.05) is 13.8 Å². The fraction of sp³-hybridized carbons (Fsp3) is 0.385. The average Bonchev–Trinajstić information content (AvgIpc) is 2.28. The van der Waals surface area contributed by atoms with Crippen molar-refractivity contribution >= 4 is 41.5 Å². The molecule has 0 radical (unpaired) electrons. The highest BCUT2D eigenvalue weighted by molar-refractivity contribution is 6.31. The van der Waals surface area contributed by atoms with Crippen LogP contribution in [-0.2, 0) is 4.79 Å². The molecule has 5 nitrogen and oxygen atoms in total. The quantitative estimate of drug-likeness (QED) is 0.777. The summed E-state index contributed by atoms with van der Waals surface area (Å²) in [5, 5.41) is 5.86. The number of rotatable bonds is 5. The van der Waals surface area contributed by atoms with Crippen LogP contribution < -0.4 is 16.4 Å². The lowest BCUT2D eigenvalue weighted by molar-refractivity contribution is -0.116. The summed E-state index contributed by atoms with van der Waals surface area (Å²) >= 11 is 5.88. The number of hydrogen-bond acceptors (Lipinski definition) is 3. The third kappa shape index (κ3) is 5.77. The Kier molecular flexibility index (Phi) is 8.22. The number of benzene rings is 1. The first-order chi connectivity index (χ1) is 8.93. The standard InChI is InChI=1S/C13H18ClN3O2.ClH/c1-8(2)16-13(19)10-4-3-9(14)7-11(10)17-12(18)5-6-15;/h3-4,7-8H,5-6,15H2,1-2H3,(H,16,19)(H,17,18);1H. The van der Waals surface area contributed by atoms with Crippen LogP contribution in [-0.4, -0.2) is 24.4 Å². The molecular formula is C13H19Cl2N3O2. The van der Waals surface area contributed by atoms with Crippen LogP contribution in [0.3, 0.4) is 0 Å². The number of nitrogens with one attached hydrogen (secondary N) is 2. The molecule has 0 aliphatic carbocycles. The molecule has 0 heterocycles. The van der Waals surface area contributed by atoms with Gasteiger partial charge in [0.1, 0.15) is 0 Å². The highest BCUT2D eigenvalue weighted by Crippen LogP contribution is 2.21. The van der Waals surface area contributed by atoms with E-state index in [0.29, 0.717) is 16.3 Å². The lowest BCUT2D eigenvalue weighted by Gasteiger charge is -2.13. The Balaban J connectivity index is 0.00000361. The molecule has 0 saturated heterocycles. The maximum Gasteiger partial charge on any atom is 0.253 e. The largest absolute Gasteiger partial charge is 0.350 e. The predicted octanol–water partition coefficient (Wildman–Crippen LogP) is 2.19. The molecule has 0 atom stereocenters. The van der Waals surface area contributed by atoms with Gasteiger partial charge in [-0.25, -0.2) is 0 Å². The van der Waals surface area contributed by atoms with Crippen LogP contribution >= 0.6 is 24.0 Å². The molecule has 112 valence electrons. The van der Waals surface area contributed by atoms with E-state index in [4.69, 9.17) is 17.3 Å². The minimum Gasteiger partial charge on any atom is -0.350 e. The van der Waals surface area contributed by atoms with Gasteiger partial charge < -0.3 is 16.4 Å². The van der Waals surface area contributed by atoms with Crippen LogP contribution in [0.4, 0.5) is 5.69 Å². The van der Waals surface area contributed by atoms with Gasteiger partial charge in [-0.15, -0.1) is 12.4 Å². The van der Waals surface area contributed by atoms with Crippen LogP contribution in [0.2, 0.25) is 5.02 Å². The minimum atomic E-state index is -0.255. The van der Waals surface area contributed by atoms with Gasteiger partial charge in [0.15, 0.2) is 0 Å². The topological polar surface area (TPSA) is 84.2 Å². The Morgan fingerprint density at radius 2 is 2.00 bits per heavy atom. The molecular weight excluding hydrogens is 301 g/mol. The molecule has 4 N–H and O–H groups in total. The van der Waals surface area contributed by atoms with Crippen molar-refractivity contribution in [1.29, 1.82) is 0 Å². The van der Waals surface area contributed by atoms with Crippen LogP contribution in [0.15, 0.2) is 18.2 Å². The minimum absolute atomic E-state index is 0. The van der Waals surface area contributed by atoms with E-state index in [1.54, 1.807) is 18.2 Å². The van der Waals surface area contributed by atoms with Gasteiger partial charge in [-0.3, -0.25) is 9.59 Å². The number of carbonyl (C=O) groups is 2. The van der Waals surface area contributed by atoms with Crippen LogP contribution in [0.25, 0.3) is 0 Å². The Hall–Kier alpha value is -1.30. The summed E-state index contributed by atoms with van der Waals surface area (Å²) in [6.45, 7) is 3.97. The van der Waals surface area contributed by atoms with E-state index in [0.717, 1.165) is 0 Å². The second-order valence-electron chi connectivity index (χ2n) is 4.40. The average molecular weight is 320 g/mol. The number of carbonyl (C=O) groups excluding carboxylic acids is 2. The zero-order valence-corrected chi connectivity index (χ0v) is 13.0. The number of nitrogens with two attached hydrogens (primary N) is 1. The van der Waals surface area contributed by atoms with Crippen molar-refractivity contribution in [3.63, 3.8) is 0 Å². The fourth-order valence-corrected chi connectivity index (χ4v) is 1.67. The maximum absolute atomic E-state index is 12.0. The van der Waals surface area contributed by atoms with Crippen molar-refractivity contribution in [2.75, 3.05) is 11.9 Å². The van der Waals surface area contributed by atoms with Crippen LogP contribution in [0.5, 0.6) is 0 Å². The summed E-state index contributed by atoms with van der Waals surface area (Å²) in [5.74, 6) is -0.502. The molecule has 1 rings (SSSR count). The zero-order valence-electron chi connectivity index (χ0n) is 11.4. The van der Waals surface area contributed by atoms with Gasteiger partial charge in [-0.05, 0) is 32.0 Å². The second-order valence-corrected chi connectivity index (χ2v) is 4.84. The number of halogens is 2. The van der Waals surface area contributed by atoms with E-state index in [-0.39, 0.29) is 43.2 Å². The van der Waals surface area contributed by atoms with Gasteiger partial charge in [-0.2, -0.15) is 0 Å². The predicted molar refractivity (Wildman–Crippen MR) is 83.6 cm³/mol. The van der Waals surface area contributed by atoms with Crippen molar-refractivity contribution in [3.05, 3.63) is 28.8 Å². The smallest absolute Gasteiger partial charge is 0.253 e. The van der Waals surface area contributed by atoms with Gasteiger partial charge in [0.05, 0.1) is 11.3 Å². The Morgan fingerprint density at radius 1 is 1.35 bits per heavy atom. The lowest BCUT2D eigenvalue weighted by Crippen LogP contribution is -2.31. The first-order valence-electron chi connectivity index (χ1n) is 6.04. The SMILES string of the molecule is CC(C)NC(=O)c1ccc(Cl)cc1NC(=O)CCN.Cl. The lowest BCUT2D eigenvalue weighted by atomic mass is 10.1. The van der Waals surface area contributed by atoms with Gasteiger partial charge in [0.25, 0.3) is 5.91 Å². The van der Waals surface area contributed by atoms with Crippen LogP contribution in [0.1, 0.15) is 30.6 Å². The van der Waals surface area contributed by atoms with Crippen molar-refractivity contribution in [1.82, 2.24) is 5.32 Å². The highest BCUT2D eigenvalue weighted by Gasteiger charge is 2.14. The summed E-state index contributed by atoms with van der Waals surface area (Å²) in [4.78, 5) is 23.6. The van der Waals surface area contributed by atoms with Gasteiger partial charge in [-0.1, -0.05) is 11.6 Å². The number of amides is 2. The molecule has 0 aliphatic heterocycles.